The number of aromatic amines is 1. The zero-order chi connectivity index (χ0) is 11.5. The lowest BCUT2D eigenvalue weighted by Crippen LogP contribution is -2.10. The third-order valence-electron chi connectivity index (χ3n) is 2.57. The molecule has 4 nitrogen and oxygen atoms in total. The summed E-state index contributed by atoms with van der Waals surface area (Å²) in [5, 5.41) is 0. The van der Waals surface area contributed by atoms with Gasteiger partial charge in [-0.15, -0.1) is 0 Å². The Labute approximate surface area is 94.8 Å². The number of hydrogen-bond donors (Lipinski definition) is 2. The molecule has 1 atom stereocenters. The van der Waals surface area contributed by atoms with Crippen molar-refractivity contribution >= 4 is 11.0 Å². The van der Waals surface area contributed by atoms with Crippen molar-refractivity contribution in [1.82, 2.24) is 9.97 Å². The Morgan fingerprint density at radius 1 is 1.44 bits per heavy atom. The fourth-order valence-corrected chi connectivity index (χ4v) is 1.63. The number of fused-ring (bicyclic) bond motifs is 1. The van der Waals surface area contributed by atoms with Crippen molar-refractivity contribution in [1.29, 1.82) is 0 Å². The Morgan fingerprint density at radius 2 is 2.25 bits per heavy atom. The van der Waals surface area contributed by atoms with E-state index in [4.69, 9.17) is 10.5 Å². The maximum Gasteiger partial charge on any atom is 0.124 e. The molecule has 0 aliphatic rings. The van der Waals surface area contributed by atoms with Crippen LogP contribution in [0.25, 0.3) is 11.0 Å². The topological polar surface area (TPSA) is 63.9 Å². The van der Waals surface area contributed by atoms with Crippen LogP contribution in [-0.4, -0.2) is 16.6 Å². The molecule has 16 heavy (non-hydrogen) atoms. The Hall–Kier alpha value is -1.55. The van der Waals surface area contributed by atoms with E-state index in [1.807, 2.05) is 32.0 Å². The maximum absolute atomic E-state index is 5.93. The minimum Gasteiger partial charge on any atom is -0.494 e. The quantitative estimate of drug-likeness (QED) is 0.829. The second kappa shape index (κ2) is 4.53. The molecule has 86 valence electrons. The van der Waals surface area contributed by atoms with Crippen LogP contribution in [0.3, 0.4) is 0 Å². The lowest BCUT2D eigenvalue weighted by molar-refractivity contribution is 0.340. The predicted octanol–water partition coefficient (Wildman–Crippen LogP) is 2.37. The summed E-state index contributed by atoms with van der Waals surface area (Å²) in [7, 11) is 0. The summed E-state index contributed by atoms with van der Waals surface area (Å²) >= 11 is 0. The largest absolute Gasteiger partial charge is 0.494 e. The van der Waals surface area contributed by atoms with Gasteiger partial charge in [0, 0.05) is 6.07 Å². The highest BCUT2D eigenvalue weighted by molar-refractivity contribution is 5.76. The van der Waals surface area contributed by atoms with Crippen LogP contribution in [0.2, 0.25) is 0 Å². The number of nitrogens with two attached hydrogens (primary N) is 1. The van der Waals surface area contributed by atoms with Crippen LogP contribution in [0.5, 0.6) is 5.75 Å². The number of aromatic nitrogens is 2. The van der Waals surface area contributed by atoms with Gasteiger partial charge in [-0.1, -0.05) is 6.92 Å². The van der Waals surface area contributed by atoms with Crippen LogP contribution in [-0.2, 0) is 0 Å². The SMILES string of the molecule is CCOc1ccc2nc(C(N)CC)[nH]c2c1. The highest BCUT2D eigenvalue weighted by Crippen LogP contribution is 2.21. The summed E-state index contributed by atoms with van der Waals surface area (Å²) in [4.78, 5) is 7.68. The zero-order valence-corrected chi connectivity index (χ0v) is 9.66. The predicted molar refractivity (Wildman–Crippen MR) is 64.5 cm³/mol. The number of ether oxygens (including phenoxy) is 1. The molecule has 1 unspecified atom stereocenters. The molecule has 4 heteroatoms. The van der Waals surface area contributed by atoms with E-state index in [-0.39, 0.29) is 6.04 Å². The minimum atomic E-state index is -0.0251. The molecular formula is C12H17N3O. The van der Waals surface area contributed by atoms with Gasteiger partial charge in [-0.3, -0.25) is 0 Å². The van der Waals surface area contributed by atoms with Crippen molar-refractivity contribution in [2.24, 2.45) is 5.73 Å². The lowest BCUT2D eigenvalue weighted by Gasteiger charge is -2.02. The molecule has 2 aromatic rings. The smallest absolute Gasteiger partial charge is 0.124 e. The lowest BCUT2D eigenvalue weighted by atomic mass is 10.2. The van der Waals surface area contributed by atoms with E-state index < -0.39 is 0 Å². The van der Waals surface area contributed by atoms with Gasteiger partial charge < -0.3 is 15.5 Å². The molecule has 0 aliphatic heterocycles. The summed E-state index contributed by atoms with van der Waals surface area (Å²) < 4.78 is 5.43. The number of H-pyrrole nitrogens is 1. The number of imidazole rings is 1. The molecule has 0 radical (unpaired) electrons. The molecule has 0 saturated heterocycles. The molecule has 1 aromatic carbocycles. The molecular weight excluding hydrogens is 202 g/mol. The molecule has 0 saturated carbocycles. The van der Waals surface area contributed by atoms with Gasteiger partial charge in [-0.2, -0.15) is 0 Å². The summed E-state index contributed by atoms with van der Waals surface area (Å²) in [5.41, 5.74) is 7.84. The summed E-state index contributed by atoms with van der Waals surface area (Å²) in [6, 6.07) is 5.80. The first-order chi connectivity index (χ1) is 7.74. The average molecular weight is 219 g/mol. The number of nitrogens with zero attached hydrogens (tertiary/aromatic N) is 1. The Kier molecular flexibility index (Phi) is 3.10. The van der Waals surface area contributed by atoms with Crippen molar-refractivity contribution in [2.45, 2.75) is 26.3 Å². The van der Waals surface area contributed by atoms with Crippen LogP contribution in [0.4, 0.5) is 0 Å². The van der Waals surface area contributed by atoms with Crippen molar-refractivity contribution in [3.8, 4) is 5.75 Å². The van der Waals surface area contributed by atoms with E-state index in [0.29, 0.717) is 6.61 Å². The Balaban J connectivity index is 2.38. The van der Waals surface area contributed by atoms with Gasteiger partial charge in [0.2, 0.25) is 0 Å². The van der Waals surface area contributed by atoms with E-state index in [9.17, 15) is 0 Å². The van der Waals surface area contributed by atoms with Gasteiger partial charge in [0.05, 0.1) is 23.7 Å². The number of benzene rings is 1. The van der Waals surface area contributed by atoms with Gasteiger partial charge >= 0.3 is 0 Å². The summed E-state index contributed by atoms with van der Waals surface area (Å²) in [6.45, 7) is 4.68. The first-order valence-corrected chi connectivity index (χ1v) is 5.62. The molecule has 0 bridgehead atoms. The van der Waals surface area contributed by atoms with Crippen molar-refractivity contribution in [3.63, 3.8) is 0 Å². The number of rotatable bonds is 4. The van der Waals surface area contributed by atoms with Gasteiger partial charge in [-0.05, 0) is 25.5 Å². The van der Waals surface area contributed by atoms with Crippen LogP contribution < -0.4 is 10.5 Å². The minimum absolute atomic E-state index is 0.0251. The fourth-order valence-electron chi connectivity index (χ4n) is 1.63. The Morgan fingerprint density at radius 3 is 2.94 bits per heavy atom. The van der Waals surface area contributed by atoms with E-state index in [1.165, 1.54) is 0 Å². The van der Waals surface area contributed by atoms with Crippen molar-refractivity contribution < 1.29 is 4.74 Å². The Bertz CT molecular complexity index is 478. The molecule has 0 fully saturated rings. The number of nitrogens with one attached hydrogen (secondary N) is 1. The zero-order valence-electron chi connectivity index (χ0n) is 9.66. The van der Waals surface area contributed by atoms with Gasteiger partial charge in [0.15, 0.2) is 0 Å². The van der Waals surface area contributed by atoms with Crippen LogP contribution >= 0.6 is 0 Å². The van der Waals surface area contributed by atoms with Crippen LogP contribution in [0.15, 0.2) is 18.2 Å². The highest BCUT2D eigenvalue weighted by Gasteiger charge is 2.09. The van der Waals surface area contributed by atoms with Crippen LogP contribution in [0.1, 0.15) is 32.1 Å². The third kappa shape index (κ3) is 2.02. The molecule has 0 amide bonds. The first kappa shape index (κ1) is 11.0. The third-order valence-corrected chi connectivity index (χ3v) is 2.57. The van der Waals surface area contributed by atoms with E-state index in [2.05, 4.69) is 9.97 Å². The van der Waals surface area contributed by atoms with Gasteiger partial charge in [0.25, 0.3) is 0 Å². The second-order valence-electron chi connectivity index (χ2n) is 3.75. The molecule has 2 rings (SSSR count). The fraction of sp³-hybridized carbons (Fsp3) is 0.417. The number of hydrogen-bond acceptors (Lipinski definition) is 3. The standard InChI is InChI=1S/C12H17N3O/c1-3-9(13)12-14-10-6-5-8(16-4-2)7-11(10)15-12/h5-7,9H,3-4,13H2,1-2H3,(H,14,15). The average Bonchev–Trinajstić information content (AvgIpc) is 2.71. The maximum atomic E-state index is 5.93. The second-order valence-corrected chi connectivity index (χ2v) is 3.75. The van der Waals surface area contributed by atoms with E-state index in [1.54, 1.807) is 0 Å². The highest BCUT2D eigenvalue weighted by atomic mass is 16.5. The van der Waals surface area contributed by atoms with Crippen molar-refractivity contribution in [3.05, 3.63) is 24.0 Å². The molecule has 1 heterocycles. The molecule has 3 N–H and O–H groups in total. The first-order valence-electron chi connectivity index (χ1n) is 5.62. The molecule has 1 aromatic heterocycles. The van der Waals surface area contributed by atoms with Gasteiger partial charge in [0.1, 0.15) is 11.6 Å². The summed E-state index contributed by atoms with van der Waals surface area (Å²) in [5.74, 6) is 1.70. The van der Waals surface area contributed by atoms with Crippen LogP contribution in [0, 0.1) is 0 Å². The molecule has 0 spiro atoms. The van der Waals surface area contributed by atoms with Gasteiger partial charge in [-0.25, -0.2) is 4.98 Å². The molecule has 0 aliphatic carbocycles. The van der Waals surface area contributed by atoms with Crippen molar-refractivity contribution in [2.75, 3.05) is 6.61 Å². The van der Waals surface area contributed by atoms with E-state index in [0.717, 1.165) is 29.0 Å². The monoisotopic (exact) mass is 219 g/mol. The summed E-state index contributed by atoms with van der Waals surface area (Å²) in [6.07, 6.45) is 0.873. The normalized spacial score (nSPS) is 12.9. The van der Waals surface area contributed by atoms with E-state index >= 15 is 0 Å².